The second-order valence-corrected chi connectivity index (χ2v) is 20.6. The minimum atomic E-state index is -0.824. The van der Waals surface area contributed by atoms with Crippen LogP contribution in [0.5, 0.6) is 0 Å². The average molecular weight is 1040 g/mol. The molecule has 75 heavy (non-hydrogen) atoms. The lowest BCUT2D eigenvalue weighted by Crippen LogP contribution is -2.30. The molecular formula is C69H116O6. The Balaban J connectivity index is 4.42. The zero-order chi connectivity index (χ0) is 54.3. The molecule has 0 heterocycles. The molecule has 0 rings (SSSR count). The van der Waals surface area contributed by atoms with E-state index in [0.717, 1.165) is 83.5 Å². The lowest BCUT2D eigenvalue weighted by molar-refractivity contribution is -0.166. The third kappa shape index (κ3) is 60.8. The van der Waals surface area contributed by atoms with Crippen LogP contribution in [-0.4, -0.2) is 37.2 Å². The van der Waals surface area contributed by atoms with E-state index in [9.17, 15) is 14.4 Å². The molecule has 428 valence electrons. The maximum atomic E-state index is 12.9. The molecular weight excluding hydrogens is 925 g/mol. The van der Waals surface area contributed by atoms with E-state index in [1.807, 2.05) is 6.08 Å². The van der Waals surface area contributed by atoms with Gasteiger partial charge in [-0.15, -0.1) is 0 Å². The van der Waals surface area contributed by atoms with Gasteiger partial charge in [-0.05, 0) is 109 Å². The minimum absolute atomic E-state index is 0.112. The molecule has 0 aliphatic carbocycles. The van der Waals surface area contributed by atoms with E-state index < -0.39 is 12.1 Å². The molecule has 0 aromatic rings. The summed E-state index contributed by atoms with van der Waals surface area (Å²) in [5.74, 6) is -1.05. The van der Waals surface area contributed by atoms with Gasteiger partial charge in [0.2, 0.25) is 0 Å². The van der Waals surface area contributed by atoms with Gasteiger partial charge in [0.05, 0.1) is 6.42 Å². The summed E-state index contributed by atoms with van der Waals surface area (Å²) in [7, 11) is 0. The first-order chi connectivity index (χ1) is 37.0. The van der Waals surface area contributed by atoms with Crippen molar-refractivity contribution in [3.05, 3.63) is 109 Å². The monoisotopic (exact) mass is 1040 g/mol. The first-order valence-corrected chi connectivity index (χ1v) is 31.4. The molecule has 6 nitrogen and oxygen atoms in total. The predicted molar refractivity (Wildman–Crippen MR) is 325 cm³/mol. The topological polar surface area (TPSA) is 78.9 Å². The number of carbonyl (C=O) groups excluding carboxylic acids is 3. The Labute approximate surface area is 463 Å². The van der Waals surface area contributed by atoms with Crippen LogP contribution < -0.4 is 0 Å². The second-order valence-electron chi connectivity index (χ2n) is 20.6. The lowest BCUT2D eigenvalue weighted by atomic mass is 10.1. The van der Waals surface area contributed by atoms with Crippen molar-refractivity contribution in [1.82, 2.24) is 0 Å². The van der Waals surface area contributed by atoms with Gasteiger partial charge >= 0.3 is 17.9 Å². The number of allylic oxidation sites excluding steroid dienone is 17. The zero-order valence-corrected chi connectivity index (χ0v) is 49.0. The van der Waals surface area contributed by atoms with Crippen molar-refractivity contribution < 1.29 is 28.6 Å². The van der Waals surface area contributed by atoms with E-state index >= 15 is 0 Å². The summed E-state index contributed by atoms with van der Waals surface area (Å²) in [6.07, 6.45) is 85.4. The molecule has 0 aliphatic heterocycles. The Morgan fingerprint density at radius 3 is 0.947 bits per heavy atom. The van der Waals surface area contributed by atoms with Crippen LogP contribution in [0.3, 0.4) is 0 Å². The van der Waals surface area contributed by atoms with Crippen molar-refractivity contribution in [3.63, 3.8) is 0 Å². The molecule has 0 spiro atoms. The van der Waals surface area contributed by atoms with E-state index in [2.05, 4.69) is 118 Å². The van der Waals surface area contributed by atoms with Crippen molar-refractivity contribution >= 4 is 17.9 Å². The quantitative estimate of drug-likeness (QED) is 0.0261. The number of ether oxygens (including phenoxy) is 3. The highest BCUT2D eigenvalue weighted by atomic mass is 16.6. The van der Waals surface area contributed by atoms with Crippen molar-refractivity contribution in [2.45, 2.75) is 297 Å². The molecule has 0 aromatic carbocycles. The van der Waals surface area contributed by atoms with Crippen LogP contribution in [0, 0.1) is 0 Å². The van der Waals surface area contributed by atoms with Gasteiger partial charge in [0.1, 0.15) is 13.2 Å². The van der Waals surface area contributed by atoms with Crippen LogP contribution in [0.25, 0.3) is 0 Å². The Morgan fingerprint density at radius 1 is 0.293 bits per heavy atom. The molecule has 0 bridgehead atoms. The third-order valence-corrected chi connectivity index (χ3v) is 13.3. The summed E-state index contributed by atoms with van der Waals surface area (Å²) in [4.78, 5) is 38.2. The summed E-state index contributed by atoms with van der Waals surface area (Å²) in [6, 6.07) is 0. The van der Waals surface area contributed by atoms with Crippen LogP contribution in [0.2, 0.25) is 0 Å². The van der Waals surface area contributed by atoms with Crippen LogP contribution in [-0.2, 0) is 28.6 Å². The number of unbranched alkanes of at least 4 members (excludes halogenated alkanes) is 28. The van der Waals surface area contributed by atoms with E-state index in [-0.39, 0.29) is 31.6 Å². The van der Waals surface area contributed by atoms with Crippen LogP contribution >= 0.6 is 0 Å². The molecule has 0 aliphatic rings. The van der Waals surface area contributed by atoms with Crippen molar-refractivity contribution in [1.29, 1.82) is 0 Å². The molecule has 0 fully saturated rings. The largest absolute Gasteiger partial charge is 0.462 e. The normalized spacial score (nSPS) is 12.8. The van der Waals surface area contributed by atoms with Gasteiger partial charge in [-0.2, -0.15) is 0 Å². The molecule has 6 heteroatoms. The van der Waals surface area contributed by atoms with Crippen molar-refractivity contribution in [2.24, 2.45) is 0 Å². The van der Waals surface area contributed by atoms with Gasteiger partial charge in [-0.3, -0.25) is 14.4 Å². The SMILES string of the molecule is CC/C=C\C/C=C\C/C=C\C/C=C\C/C=C\CC(=O)OCC(COC(=O)CCCCCCCCCCCC/C=C\C/C=C\C/C=C\CCCCCCC)OC(=O)CCCCCCCCC/C=C\CCCCCCCC. The Bertz CT molecular complexity index is 1520. The third-order valence-electron chi connectivity index (χ3n) is 13.3. The molecule has 1 atom stereocenters. The second kappa shape index (κ2) is 62.6. The van der Waals surface area contributed by atoms with Gasteiger partial charge < -0.3 is 14.2 Å². The molecule has 0 aromatic heterocycles. The summed E-state index contributed by atoms with van der Waals surface area (Å²) in [5, 5.41) is 0. The molecule has 1 unspecified atom stereocenters. The number of hydrogen-bond acceptors (Lipinski definition) is 6. The molecule has 0 N–H and O–H groups in total. The highest BCUT2D eigenvalue weighted by molar-refractivity contribution is 5.72. The highest BCUT2D eigenvalue weighted by Gasteiger charge is 2.19. The first-order valence-electron chi connectivity index (χ1n) is 31.4. The van der Waals surface area contributed by atoms with Crippen molar-refractivity contribution in [3.8, 4) is 0 Å². The van der Waals surface area contributed by atoms with Gasteiger partial charge in [0.15, 0.2) is 6.10 Å². The highest BCUT2D eigenvalue weighted by Crippen LogP contribution is 2.15. The minimum Gasteiger partial charge on any atom is -0.462 e. The number of carbonyl (C=O) groups is 3. The standard InChI is InChI=1S/C69H116O6/c1-4-7-10-13-16-19-22-25-28-30-31-32-33-34-35-36-37-39-41-44-47-50-53-56-59-62-68(71)74-65-66(64-73-67(70)61-58-55-52-49-46-43-40-27-24-21-18-15-12-9-6-3)75-69(72)63-60-57-54-51-48-45-42-38-29-26-23-20-17-14-11-8-5-2/h9,12,18,21-22,25-27,29-31,33-34,40,46,49,55,58,66H,4-8,10-11,13-17,19-20,23-24,28,32,35-39,41-45,47-48,50-54,56-57,59-65H2,1-3H3/b12-9-,21-18-,25-22-,29-26-,31-30-,34-33-,40-27-,49-46-,58-55-. The summed E-state index contributed by atoms with van der Waals surface area (Å²) < 4.78 is 16.8. The summed E-state index contributed by atoms with van der Waals surface area (Å²) in [6.45, 7) is 6.43. The fourth-order valence-corrected chi connectivity index (χ4v) is 8.58. The van der Waals surface area contributed by atoms with E-state index in [1.54, 1.807) is 6.08 Å². The Kier molecular flexibility index (Phi) is 59.3. The van der Waals surface area contributed by atoms with E-state index in [0.29, 0.717) is 12.8 Å². The van der Waals surface area contributed by atoms with E-state index in [1.165, 1.54) is 167 Å². The van der Waals surface area contributed by atoms with Gasteiger partial charge in [-0.25, -0.2) is 0 Å². The molecule has 0 saturated heterocycles. The van der Waals surface area contributed by atoms with Crippen LogP contribution in [0.4, 0.5) is 0 Å². The van der Waals surface area contributed by atoms with Gasteiger partial charge in [0, 0.05) is 12.8 Å². The maximum Gasteiger partial charge on any atom is 0.309 e. The Hall–Kier alpha value is -3.93. The molecule has 0 radical (unpaired) electrons. The molecule has 0 saturated carbocycles. The molecule has 0 amide bonds. The smallest absolute Gasteiger partial charge is 0.309 e. The van der Waals surface area contributed by atoms with Gasteiger partial charge in [-0.1, -0.05) is 271 Å². The van der Waals surface area contributed by atoms with Crippen molar-refractivity contribution in [2.75, 3.05) is 13.2 Å². The summed E-state index contributed by atoms with van der Waals surface area (Å²) in [5.41, 5.74) is 0. The first kappa shape index (κ1) is 71.1. The zero-order valence-electron chi connectivity index (χ0n) is 49.0. The van der Waals surface area contributed by atoms with Gasteiger partial charge in [0.25, 0.3) is 0 Å². The number of hydrogen-bond donors (Lipinski definition) is 0. The van der Waals surface area contributed by atoms with Crippen LogP contribution in [0.15, 0.2) is 109 Å². The lowest BCUT2D eigenvalue weighted by Gasteiger charge is -2.18. The average Bonchev–Trinajstić information content (AvgIpc) is 3.41. The maximum absolute atomic E-state index is 12.9. The fraction of sp³-hybridized carbons (Fsp3) is 0.696. The number of esters is 3. The Morgan fingerprint density at radius 2 is 0.573 bits per heavy atom. The number of rotatable bonds is 56. The van der Waals surface area contributed by atoms with E-state index in [4.69, 9.17) is 14.2 Å². The fourth-order valence-electron chi connectivity index (χ4n) is 8.58. The predicted octanol–water partition coefficient (Wildman–Crippen LogP) is 21.4. The summed E-state index contributed by atoms with van der Waals surface area (Å²) >= 11 is 0. The van der Waals surface area contributed by atoms with Crippen LogP contribution in [0.1, 0.15) is 290 Å².